The van der Waals surface area contributed by atoms with Gasteiger partial charge in [0.15, 0.2) is 0 Å². The zero-order valence-electron chi connectivity index (χ0n) is 14.8. The van der Waals surface area contributed by atoms with Gasteiger partial charge in [0.05, 0.1) is 19.7 Å². The van der Waals surface area contributed by atoms with Crippen molar-refractivity contribution in [1.29, 1.82) is 0 Å². The van der Waals surface area contributed by atoms with Crippen LogP contribution in [0.25, 0.3) is 21.8 Å². The third-order valence-electron chi connectivity index (χ3n) is 4.44. The summed E-state index contributed by atoms with van der Waals surface area (Å²) >= 11 is 0. The van der Waals surface area contributed by atoms with Crippen LogP contribution in [0.5, 0.6) is 5.75 Å². The number of benzene rings is 2. The van der Waals surface area contributed by atoms with Gasteiger partial charge in [-0.05, 0) is 24.3 Å². The molecule has 2 heterocycles. The predicted octanol–water partition coefficient (Wildman–Crippen LogP) is 3.74. The van der Waals surface area contributed by atoms with Gasteiger partial charge in [0, 0.05) is 21.9 Å². The molecule has 0 saturated heterocycles. The van der Waals surface area contributed by atoms with E-state index in [9.17, 15) is 9.59 Å². The molecule has 0 spiro atoms. The average molecular weight is 360 g/mol. The van der Waals surface area contributed by atoms with Crippen LogP contribution >= 0.6 is 0 Å². The summed E-state index contributed by atoms with van der Waals surface area (Å²) in [6.45, 7) is 0. The molecule has 0 aliphatic rings. The molecule has 0 atom stereocenters. The Morgan fingerprint density at radius 1 is 0.963 bits per heavy atom. The number of nitrogens with zero attached hydrogens (tertiary/aromatic N) is 1. The van der Waals surface area contributed by atoms with Crippen LogP contribution in [0.1, 0.15) is 26.5 Å². The average Bonchev–Trinajstić information content (AvgIpc) is 3.10. The van der Waals surface area contributed by atoms with Gasteiger partial charge in [0.1, 0.15) is 17.1 Å². The number of carbonyl (C=O) groups is 2. The molecule has 6 nitrogen and oxygen atoms in total. The molecule has 6 heteroatoms. The number of para-hydroxylation sites is 1. The molecule has 0 bridgehead atoms. The number of hydrogen-bond donors (Lipinski definition) is 1. The van der Waals surface area contributed by atoms with Gasteiger partial charge >= 0.3 is 5.97 Å². The number of rotatable bonds is 4. The largest absolute Gasteiger partial charge is 0.497 e. The monoisotopic (exact) mass is 360 g/mol. The number of H-pyrrole nitrogens is 1. The van der Waals surface area contributed by atoms with Crippen molar-refractivity contribution in [3.8, 4) is 5.75 Å². The quantitative estimate of drug-likeness (QED) is 0.443. The van der Waals surface area contributed by atoms with Crippen LogP contribution in [0.15, 0.2) is 54.6 Å². The van der Waals surface area contributed by atoms with Crippen LogP contribution in [0.4, 0.5) is 0 Å². The van der Waals surface area contributed by atoms with Crippen LogP contribution in [0, 0.1) is 0 Å². The highest BCUT2D eigenvalue weighted by Crippen LogP contribution is 2.29. The lowest BCUT2D eigenvalue weighted by molar-refractivity contribution is 0.0594. The van der Waals surface area contributed by atoms with Crippen molar-refractivity contribution in [1.82, 2.24) is 9.97 Å². The lowest BCUT2D eigenvalue weighted by atomic mass is 10.0. The van der Waals surface area contributed by atoms with Gasteiger partial charge in [-0.1, -0.05) is 30.3 Å². The molecule has 0 fully saturated rings. The van der Waals surface area contributed by atoms with E-state index in [0.29, 0.717) is 16.8 Å². The molecule has 4 rings (SSSR count). The highest BCUT2D eigenvalue weighted by atomic mass is 16.5. The van der Waals surface area contributed by atoms with Gasteiger partial charge in [0.2, 0.25) is 5.78 Å². The molecule has 2 aromatic heterocycles. The number of aromatic amines is 1. The fourth-order valence-corrected chi connectivity index (χ4v) is 3.12. The summed E-state index contributed by atoms with van der Waals surface area (Å²) < 4.78 is 10.0. The second kappa shape index (κ2) is 6.57. The first-order valence-electron chi connectivity index (χ1n) is 8.31. The topological polar surface area (TPSA) is 81.3 Å². The summed E-state index contributed by atoms with van der Waals surface area (Å²) in [5.41, 5.74) is 2.11. The minimum Gasteiger partial charge on any atom is -0.497 e. The molecule has 1 N–H and O–H groups in total. The normalized spacial score (nSPS) is 10.9. The number of esters is 1. The van der Waals surface area contributed by atoms with Gasteiger partial charge in [-0.25, -0.2) is 9.78 Å². The summed E-state index contributed by atoms with van der Waals surface area (Å²) in [6, 6.07) is 16.1. The predicted molar refractivity (Wildman–Crippen MR) is 101 cm³/mol. The van der Waals surface area contributed by atoms with E-state index >= 15 is 0 Å². The van der Waals surface area contributed by atoms with Crippen molar-refractivity contribution in [3.05, 3.63) is 71.5 Å². The summed E-state index contributed by atoms with van der Waals surface area (Å²) in [7, 11) is 2.82. The highest BCUT2D eigenvalue weighted by molar-refractivity contribution is 6.20. The van der Waals surface area contributed by atoms with Crippen LogP contribution < -0.4 is 4.74 Å². The number of pyridine rings is 1. The minimum absolute atomic E-state index is 0.0843. The van der Waals surface area contributed by atoms with Gasteiger partial charge in [-0.3, -0.25) is 4.79 Å². The molecule has 134 valence electrons. The fraction of sp³-hybridized carbons (Fsp3) is 0.0952. The van der Waals surface area contributed by atoms with E-state index in [2.05, 4.69) is 9.97 Å². The van der Waals surface area contributed by atoms with Gasteiger partial charge < -0.3 is 14.5 Å². The third kappa shape index (κ3) is 2.81. The summed E-state index contributed by atoms with van der Waals surface area (Å²) in [5.74, 6) is -0.337. The van der Waals surface area contributed by atoms with E-state index in [-0.39, 0.29) is 17.2 Å². The molecule has 0 radical (unpaired) electrons. The molecule has 0 amide bonds. The molecular weight excluding hydrogens is 344 g/mol. The number of methoxy groups -OCH3 is 2. The Labute approximate surface area is 154 Å². The van der Waals surface area contributed by atoms with E-state index in [1.54, 1.807) is 30.3 Å². The van der Waals surface area contributed by atoms with Crippen LogP contribution in [-0.2, 0) is 4.74 Å². The zero-order valence-corrected chi connectivity index (χ0v) is 14.8. The number of aromatic nitrogens is 2. The summed E-state index contributed by atoms with van der Waals surface area (Å²) in [4.78, 5) is 32.8. The molecular formula is C21H16N2O4. The van der Waals surface area contributed by atoms with Gasteiger partial charge in [-0.15, -0.1) is 0 Å². The first-order valence-corrected chi connectivity index (χ1v) is 8.31. The lowest BCUT2D eigenvalue weighted by Gasteiger charge is -2.07. The third-order valence-corrected chi connectivity index (χ3v) is 4.44. The summed E-state index contributed by atoms with van der Waals surface area (Å²) in [5, 5.41) is 1.65. The molecule has 2 aromatic carbocycles. The number of fused-ring (bicyclic) bond motifs is 3. The second-order valence-corrected chi connectivity index (χ2v) is 6.00. The maximum Gasteiger partial charge on any atom is 0.356 e. The van der Waals surface area contributed by atoms with E-state index in [4.69, 9.17) is 9.47 Å². The Kier molecular flexibility index (Phi) is 4.08. The van der Waals surface area contributed by atoms with Crippen molar-refractivity contribution in [3.63, 3.8) is 0 Å². The smallest absolute Gasteiger partial charge is 0.356 e. The Morgan fingerprint density at radius 3 is 2.56 bits per heavy atom. The molecule has 0 unspecified atom stereocenters. The zero-order chi connectivity index (χ0) is 19.0. The first-order chi connectivity index (χ1) is 13.1. The van der Waals surface area contributed by atoms with E-state index in [1.807, 2.05) is 24.3 Å². The first kappa shape index (κ1) is 16.8. The van der Waals surface area contributed by atoms with Crippen LogP contribution in [0.2, 0.25) is 0 Å². The van der Waals surface area contributed by atoms with Gasteiger partial charge in [-0.2, -0.15) is 0 Å². The fourth-order valence-electron chi connectivity index (χ4n) is 3.12. The van der Waals surface area contributed by atoms with Crippen molar-refractivity contribution < 1.29 is 19.1 Å². The Balaban J connectivity index is 2.00. The summed E-state index contributed by atoms with van der Waals surface area (Å²) in [6.07, 6.45) is 0. The van der Waals surface area contributed by atoms with Crippen molar-refractivity contribution >= 4 is 33.6 Å². The molecule has 4 aromatic rings. The maximum absolute atomic E-state index is 13.2. The SMILES string of the molecule is COC(=O)c1cc2c([nH]c3ccccc32)c(C(=O)c2cccc(OC)c2)n1. The molecule has 0 aliphatic carbocycles. The standard InChI is InChI=1S/C21H16N2O4/c1-26-13-7-5-6-12(10-13)20(24)19-18-15(11-17(23-19)21(25)27-2)14-8-3-4-9-16(14)22-18/h3-11,22H,1-2H3. The number of ketones is 1. The minimum atomic E-state index is -0.595. The van der Waals surface area contributed by atoms with Crippen LogP contribution in [-0.4, -0.2) is 35.9 Å². The van der Waals surface area contributed by atoms with Crippen molar-refractivity contribution in [2.45, 2.75) is 0 Å². The lowest BCUT2D eigenvalue weighted by Crippen LogP contribution is -2.11. The van der Waals surface area contributed by atoms with E-state index in [0.717, 1.165) is 16.3 Å². The Bertz CT molecular complexity index is 1190. The van der Waals surface area contributed by atoms with E-state index in [1.165, 1.54) is 14.2 Å². The highest BCUT2D eigenvalue weighted by Gasteiger charge is 2.21. The van der Waals surface area contributed by atoms with E-state index < -0.39 is 5.97 Å². The van der Waals surface area contributed by atoms with Gasteiger partial charge in [0.25, 0.3) is 0 Å². The molecule has 27 heavy (non-hydrogen) atoms. The number of carbonyl (C=O) groups excluding carboxylic acids is 2. The maximum atomic E-state index is 13.2. The Morgan fingerprint density at radius 2 is 1.78 bits per heavy atom. The Hall–Kier alpha value is -3.67. The van der Waals surface area contributed by atoms with Crippen molar-refractivity contribution in [2.24, 2.45) is 0 Å². The van der Waals surface area contributed by atoms with Crippen molar-refractivity contribution in [2.75, 3.05) is 14.2 Å². The van der Waals surface area contributed by atoms with Crippen LogP contribution in [0.3, 0.4) is 0 Å². The number of nitrogens with one attached hydrogen (secondary N) is 1. The second-order valence-electron chi connectivity index (χ2n) is 6.00. The molecule has 0 aliphatic heterocycles. The number of hydrogen-bond acceptors (Lipinski definition) is 5. The number of ether oxygens (including phenoxy) is 2. The molecule has 0 saturated carbocycles.